The van der Waals surface area contributed by atoms with Crippen molar-refractivity contribution in [1.82, 2.24) is 0 Å². The zero-order valence-corrected chi connectivity index (χ0v) is 29.6. The summed E-state index contributed by atoms with van der Waals surface area (Å²) in [6.07, 6.45) is 46.4. The normalized spacial score (nSPS) is 12.2. The van der Waals surface area contributed by atoms with Crippen LogP contribution < -0.4 is 0 Å². The topological polar surface area (TPSA) is 26.3 Å². The maximum absolute atomic E-state index is 12.6. The highest BCUT2D eigenvalue weighted by Crippen LogP contribution is 2.19. The fourth-order valence-electron chi connectivity index (χ4n) is 6.34. The van der Waals surface area contributed by atoms with E-state index in [0.717, 1.165) is 19.3 Å². The van der Waals surface area contributed by atoms with Crippen molar-refractivity contribution in [3.63, 3.8) is 0 Å². The molecule has 0 N–H and O–H groups in total. The molecule has 1 unspecified atom stereocenters. The van der Waals surface area contributed by atoms with E-state index in [1.165, 1.54) is 199 Å². The number of hydrogen-bond donors (Lipinski definition) is 0. The Kier molecular flexibility index (Phi) is 36.2. The molecule has 252 valence electrons. The average molecular weight is 593 g/mol. The molecule has 0 aromatic rings. The maximum atomic E-state index is 12.6. The van der Waals surface area contributed by atoms with E-state index in [1.807, 2.05) is 0 Å². The van der Waals surface area contributed by atoms with Gasteiger partial charge < -0.3 is 4.74 Å². The molecule has 0 saturated carbocycles. The number of unbranched alkanes of at least 4 members (excludes halogenated alkanes) is 29. The Balaban J connectivity index is 3.89. The molecule has 0 aliphatic carbocycles. The molecular formula is C40H80O2. The number of esters is 1. The van der Waals surface area contributed by atoms with Crippen LogP contribution in [0.3, 0.4) is 0 Å². The largest absolute Gasteiger partial charge is 0.462 e. The van der Waals surface area contributed by atoms with Gasteiger partial charge in [-0.25, -0.2) is 0 Å². The van der Waals surface area contributed by atoms with Gasteiger partial charge in [-0.3, -0.25) is 4.79 Å². The fourth-order valence-corrected chi connectivity index (χ4v) is 6.34. The van der Waals surface area contributed by atoms with Crippen molar-refractivity contribution in [2.45, 2.75) is 252 Å². The van der Waals surface area contributed by atoms with Crippen LogP contribution in [0.1, 0.15) is 245 Å². The predicted octanol–water partition coefficient (Wildman–Crippen LogP) is 14.6. The van der Waals surface area contributed by atoms with Crippen LogP contribution >= 0.6 is 0 Å². The van der Waals surface area contributed by atoms with Gasteiger partial charge in [0.15, 0.2) is 0 Å². The quantitative estimate of drug-likeness (QED) is 0.0534. The van der Waals surface area contributed by atoms with E-state index in [-0.39, 0.29) is 12.1 Å². The van der Waals surface area contributed by atoms with Crippen LogP contribution in [0.2, 0.25) is 0 Å². The lowest BCUT2D eigenvalue weighted by Crippen LogP contribution is -2.18. The second-order valence-electron chi connectivity index (χ2n) is 13.7. The minimum Gasteiger partial charge on any atom is -0.462 e. The van der Waals surface area contributed by atoms with Crippen molar-refractivity contribution in [1.29, 1.82) is 0 Å². The molecule has 1 atom stereocenters. The predicted molar refractivity (Wildman–Crippen MR) is 188 cm³/mol. The van der Waals surface area contributed by atoms with Crippen LogP contribution in [-0.2, 0) is 9.53 Å². The highest BCUT2D eigenvalue weighted by molar-refractivity contribution is 5.69. The van der Waals surface area contributed by atoms with Gasteiger partial charge >= 0.3 is 5.97 Å². The van der Waals surface area contributed by atoms with Gasteiger partial charge in [-0.15, -0.1) is 0 Å². The second kappa shape index (κ2) is 36.7. The lowest BCUT2D eigenvalue weighted by Gasteiger charge is -2.18. The van der Waals surface area contributed by atoms with Crippen LogP contribution in [0, 0.1) is 0 Å². The smallest absolute Gasteiger partial charge is 0.306 e. The van der Waals surface area contributed by atoms with Gasteiger partial charge in [0, 0.05) is 6.42 Å². The Morgan fingerprint density at radius 3 is 0.881 bits per heavy atom. The van der Waals surface area contributed by atoms with Gasteiger partial charge in [-0.1, -0.05) is 207 Å². The van der Waals surface area contributed by atoms with Gasteiger partial charge in [-0.2, -0.15) is 0 Å². The Morgan fingerprint density at radius 1 is 0.357 bits per heavy atom. The van der Waals surface area contributed by atoms with Gasteiger partial charge in [-0.05, 0) is 32.1 Å². The number of ether oxygens (including phenoxy) is 1. The summed E-state index contributed by atoms with van der Waals surface area (Å²) in [6.45, 7) is 6.86. The summed E-state index contributed by atoms with van der Waals surface area (Å²) in [5.41, 5.74) is 0. The third-order valence-electron chi connectivity index (χ3n) is 9.29. The molecule has 2 nitrogen and oxygen atoms in total. The molecule has 0 aromatic heterocycles. The molecule has 0 aliphatic heterocycles. The van der Waals surface area contributed by atoms with Crippen LogP contribution in [0.15, 0.2) is 0 Å². The van der Waals surface area contributed by atoms with Gasteiger partial charge in [0.25, 0.3) is 0 Å². The summed E-state index contributed by atoms with van der Waals surface area (Å²) in [4.78, 5) is 12.6. The number of carbonyl (C=O) groups is 1. The zero-order chi connectivity index (χ0) is 30.6. The number of hydrogen-bond acceptors (Lipinski definition) is 2. The Hall–Kier alpha value is -0.530. The van der Waals surface area contributed by atoms with Gasteiger partial charge in [0.1, 0.15) is 6.10 Å². The maximum Gasteiger partial charge on any atom is 0.306 e. The Bertz CT molecular complexity index is 502. The SMILES string of the molecule is CCCCCCCCCCCCCCCCCC(CCCCCCCC)OC(=O)CCCCCCCCCCCCC. The van der Waals surface area contributed by atoms with Gasteiger partial charge in [0.2, 0.25) is 0 Å². The van der Waals surface area contributed by atoms with Crippen LogP contribution in [0.25, 0.3) is 0 Å². The molecule has 0 heterocycles. The number of rotatable bonds is 36. The van der Waals surface area contributed by atoms with E-state index in [4.69, 9.17) is 4.74 Å². The van der Waals surface area contributed by atoms with E-state index < -0.39 is 0 Å². The van der Waals surface area contributed by atoms with Crippen molar-refractivity contribution < 1.29 is 9.53 Å². The van der Waals surface area contributed by atoms with Crippen LogP contribution in [-0.4, -0.2) is 12.1 Å². The molecule has 0 aliphatic rings. The molecule has 0 rings (SSSR count). The molecule has 0 bridgehead atoms. The first-order chi connectivity index (χ1) is 20.7. The highest BCUT2D eigenvalue weighted by Gasteiger charge is 2.14. The summed E-state index contributed by atoms with van der Waals surface area (Å²) in [5.74, 6) is 0.0721. The molecule has 0 aromatic carbocycles. The van der Waals surface area contributed by atoms with Crippen molar-refractivity contribution in [2.24, 2.45) is 0 Å². The highest BCUT2D eigenvalue weighted by atomic mass is 16.5. The van der Waals surface area contributed by atoms with Crippen molar-refractivity contribution in [3.05, 3.63) is 0 Å². The molecule has 0 amide bonds. The van der Waals surface area contributed by atoms with Crippen molar-refractivity contribution in [2.75, 3.05) is 0 Å². The second-order valence-corrected chi connectivity index (χ2v) is 13.7. The van der Waals surface area contributed by atoms with Gasteiger partial charge in [0.05, 0.1) is 0 Å². The third-order valence-corrected chi connectivity index (χ3v) is 9.29. The lowest BCUT2D eigenvalue weighted by atomic mass is 10.0. The number of carbonyl (C=O) groups excluding carboxylic acids is 1. The summed E-state index contributed by atoms with van der Waals surface area (Å²) >= 11 is 0. The average Bonchev–Trinajstić information content (AvgIpc) is 2.99. The molecule has 0 fully saturated rings. The van der Waals surface area contributed by atoms with E-state index in [1.54, 1.807) is 0 Å². The first kappa shape index (κ1) is 41.5. The third kappa shape index (κ3) is 34.0. The molecule has 0 radical (unpaired) electrons. The van der Waals surface area contributed by atoms with E-state index in [2.05, 4.69) is 20.8 Å². The van der Waals surface area contributed by atoms with Crippen molar-refractivity contribution >= 4 is 5.97 Å². The Morgan fingerprint density at radius 2 is 0.595 bits per heavy atom. The summed E-state index contributed by atoms with van der Waals surface area (Å²) in [7, 11) is 0. The minimum atomic E-state index is 0.0721. The molecule has 0 spiro atoms. The molecule has 0 saturated heterocycles. The fraction of sp³-hybridized carbons (Fsp3) is 0.975. The zero-order valence-electron chi connectivity index (χ0n) is 29.6. The molecule has 2 heteroatoms. The standard InChI is InChI=1S/C40H80O2/c1-4-7-10-13-16-18-20-21-22-23-25-26-28-31-34-37-39(36-33-30-15-12-9-6-3)42-40(41)38-35-32-29-27-24-19-17-14-11-8-5-2/h39H,4-38H2,1-3H3. The van der Waals surface area contributed by atoms with E-state index in [9.17, 15) is 4.79 Å². The lowest BCUT2D eigenvalue weighted by molar-refractivity contribution is -0.150. The summed E-state index contributed by atoms with van der Waals surface area (Å²) in [5, 5.41) is 0. The first-order valence-electron chi connectivity index (χ1n) is 19.9. The minimum absolute atomic E-state index is 0.0721. The Labute approximate surface area is 266 Å². The van der Waals surface area contributed by atoms with Crippen molar-refractivity contribution in [3.8, 4) is 0 Å². The van der Waals surface area contributed by atoms with Crippen LogP contribution in [0.5, 0.6) is 0 Å². The van der Waals surface area contributed by atoms with E-state index in [0.29, 0.717) is 6.42 Å². The molecule has 42 heavy (non-hydrogen) atoms. The summed E-state index contributed by atoms with van der Waals surface area (Å²) in [6, 6.07) is 0. The van der Waals surface area contributed by atoms with E-state index >= 15 is 0 Å². The molecular weight excluding hydrogens is 512 g/mol. The monoisotopic (exact) mass is 593 g/mol. The van der Waals surface area contributed by atoms with Crippen LogP contribution in [0.4, 0.5) is 0 Å². The first-order valence-corrected chi connectivity index (χ1v) is 19.9. The summed E-state index contributed by atoms with van der Waals surface area (Å²) < 4.78 is 6.05.